The Morgan fingerprint density at radius 3 is 2.60 bits per heavy atom. The minimum atomic E-state index is 0.224. The third-order valence-electron chi connectivity index (χ3n) is 2.70. The topological polar surface area (TPSA) is 25.8 Å². The first-order valence-electron chi connectivity index (χ1n) is 6.29. The summed E-state index contributed by atoms with van der Waals surface area (Å²) in [6.07, 6.45) is 7.70. The van der Waals surface area contributed by atoms with Crippen molar-refractivity contribution in [3.8, 4) is 11.3 Å². The Balaban J connectivity index is 2.37. The summed E-state index contributed by atoms with van der Waals surface area (Å²) >= 11 is 6.00. The highest BCUT2D eigenvalue weighted by molar-refractivity contribution is 6.28. The van der Waals surface area contributed by atoms with Crippen molar-refractivity contribution in [2.75, 3.05) is 0 Å². The van der Waals surface area contributed by atoms with Gasteiger partial charge in [0.25, 0.3) is 0 Å². The normalized spacial score (nSPS) is 11.3. The highest BCUT2D eigenvalue weighted by Crippen LogP contribution is 2.22. The van der Waals surface area contributed by atoms with Gasteiger partial charge in [0.1, 0.15) is 0 Å². The summed E-state index contributed by atoms with van der Waals surface area (Å²) in [5, 5.41) is 0.224. The summed E-state index contributed by atoms with van der Waals surface area (Å²) in [7, 11) is 0. The van der Waals surface area contributed by atoms with Gasteiger partial charge in [-0.2, -0.15) is 0 Å². The predicted octanol–water partition coefficient (Wildman–Crippen LogP) is 4.94. The van der Waals surface area contributed by atoms with Gasteiger partial charge in [0.15, 0.2) is 0 Å². The number of hydrogen-bond donors (Lipinski definition) is 0. The molecule has 1 heterocycles. The minimum absolute atomic E-state index is 0.224. The zero-order valence-electron chi connectivity index (χ0n) is 11.3. The third kappa shape index (κ3) is 3.65. The molecule has 0 atom stereocenters. The van der Waals surface area contributed by atoms with Crippen molar-refractivity contribution >= 4 is 17.2 Å². The number of benzene rings is 1. The maximum atomic E-state index is 6.00. The van der Waals surface area contributed by atoms with Crippen LogP contribution >= 0.6 is 11.6 Å². The van der Waals surface area contributed by atoms with Crippen LogP contribution in [0.3, 0.4) is 0 Å². The van der Waals surface area contributed by atoms with Crippen LogP contribution < -0.4 is 0 Å². The second-order valence-electron chi connectivity index (χ2n) is 4.18. The van der Waals surface area contributed by atoms with E-state index in [-0.39, 0.29) is 5.28 Å². The lowest BCUT2D eigenvalue weighted by molar-refractivity contribution is 1.15. The molecule has 2 aromatic rings. The van der Waals surface area contributed by atoms with E-state index >= 15 is 0 Å². The van der Waals surface area contributed by atoms with E-state index in [9.17, 15) is 0 Å². The molecule has 3 heteroatoms. The molecular formula is C17H15ClN2. The van der Waals surface area contributed by atoms with Crippen molar-refractivity contribution in [3.63, 3.8) is 0 Å². The largest absolute Gasteiger partial charge is 0.223 e. The van der Waals surface area contributed by atoms with E-state index in [1.807, 2.05) is 67.6 Å². The van der Waals surface area contributed by atoms with E-state index in [4.69, 9.17) is 11.6 Å². The molecule has 0 aliphatic carbocycles. The van der Waals surface area contributed by atoms with Gasteiger partial charge >= 0.3 is 0 Å². The van der Waals surface area contributed by atoms with Crippen molar-refractivity contribution in [3.05, 3.63) is 78.3 Å². The zero-order chi connectivity index (χ0) is 14.4. The standard InChI is InChI=1S/C17H15ClN2/c1-3-4-6-9-13(2)15-12-16(20-17(18)19-15)14-10-7-5-8-11-14/h3-12H,2H2,1H3/b4-3-,9-6-. The van der Waals surface area contributed by atoms with Crippen LogP contribution in [0.2, 0.25) is 5.28 Å². The molecule has 1 aromatic heterocycles. The molecule has 2 nitrogen and oxygen atoms in total. The molecule has 0 aliphatic rings. The molecule has 0 radical (unpaired) electrons. The fourth-order valence-electron chi connectivity index (χ4n) is 1.71. The molecule has 2 rings (SSSR count). The molecule has 0 saturated heterocycles. The van der Waals surface area contributed by atoms with Crippen LogP contribution in [0.5, 0.6) is 0 Å². The summed E-state index contributed by atoms with van der Waals surface area (Å²) < 4.78 is 0. The monoisotopic (exact) mass is 282 g/mol. The molecule has 0 N–H and O–H groups in total. The lowest BCUT2D eigenvalue weighted by Crippen LogP contribution is -1.93. The first-order valence-corrected chi connectivity index (χ1v) is 6.67. The molecule has 20 heavy (non-hydrogen) atoms. The molecule has 0 spiro atoms. The SMILES string of the molecule is C=C(/C=C\C=C/C)c1cc(-c2ccccc2)nc(Cl)n1. The Hall–Kier alpha value is -2.19. The summed E-state index contributed by atoms with van der Waals surface area (Å²) in [6, 6.07) is 11.8. The van der Waals surface area contributed by atoms with E-state index < -0.39 is 0 Å². The minimum Gasteiger partial charge on any atom is -0.218 e. The summed E-state index contributed by atoms with van der Waals surface area (Å²) in [5.74, 6) is 0. The van der Waals surface area contributed by atoms with E-state index in [1.54, 1.807) is 0 Å². The zero-order valence-corrected chi connectivity index (χ0v) is 12.0. The maximum Gasteiger partial charge on any atom is 0.223 e. The molecule has 0 unspecified atom stereocenters. The van der Waals surface area contributed by atoms with E-state index in [1.165, 1.54) is 0 Å². The van der Waals surface area contributed by atoms with Crippen molar-refractivity contribution in [1.29, 1.82) is 0 Å². The lowest BCUT2D eigenvalue weighted by atomic mass is 10.1. The van der Waals surface area contributed by atoms with E-state index in [0.29, 0.717) is 0 Å². The number of aromatic nitrogens is 2. The molecule has 0 amide bonds. The number of allylic oxidation sites excluding steroid dienone is 5. The molecule has 0 aliphatic heterocycles. The van der Waals surface area contributed by atoms with Crippen LogP contribution in [0, 0.1) is 0 Å². The van der Waals surface area contributed by atoms with Crippen LogP contribution in [0.15, 0.2) is 67.3 Å². The first kappa shape index (κ1) is 14.2. The van der Waals surface area contributed by atoms with Crippen LogP contribution in [0.25, 0.3) is 16.8 Å². The molecule has 0 fully saturated rings. The molecule has 100 valence electrons. The van der Waals surface area contributed by atoms with Gasteiger partial charge in [-0.05, 0) is 30.2 Å². The van der Waals surface area contributed by atoms with Gasteiger partial charge < -0.3 is 0 Å². The fourth-order valence-corrected chi connectivity index (χ4v) is 1.89. The lowest BCUT2D eigenvalue weighted by Gasteiger charge is -2.05. The Morgan fingerprint density at radius 2 is 1.90 bits per heavy atom. The number of halogens is 1. The first-order chi connectivity index (χ1) is 9.70. The quantitative estimate of drug-likeness (QED) is 0.586. The van der Waals surface area contributed by atoms with Crippen LogP contribution in [0.4, 0.5) is 0 Å². The highest BCUT2D eigenvalue weighted by atomic mass is 35.5. The van der Waals surface area contributed by atoms with Crippen molar-refractivity contribution in [1.82, 2.24) is 9.97 Å². The van der Waals surface area contributed by atoms with Gasteiger partial charge in [-0.1, -0.05) is 61.2 Å². The third-order valence-corrected chi connectivity index (χ3v) is 2.87. The van der Waals surface area contributed by atoms with Gasteiger partial charge in [0.05, 0.1) is 11.4 Å². The van der Waals surface area contributed by atoms with Gasteiger partial charge in [-0.25, -0.2) is 9.97 Å². The van der Waals surface area contributed by atoms with Gasteiger partial charge in [0, 0.05) is 5.56 Å². The average Bonchev–Trinajstić information content (AvgIpc) is 2.47. The Kier molecular flexibility index (Phi) is 4.85. The fraction of sp³-hybridized carbons (Fsp3) is 0.0588. The molecule has 0 bridgehead atoms. The van der Waals surface area contributed by atoms with E-state index in [0.717, 1.165) is 22.5 Å². The Bertz CT molecular complexity index is 658. The van der Waals surface area contributed by atoms with Crippen molar-refractivity contribution < 1.29 is 0 Å². The molecule has 0 saturated carbocycles. The van der Waals surface area contributed by atoms with Crippen molar-refractivity contribution in [2.45, 2.75) is 6.92 Å². The second-order valence-corrected chi connectivity index (χ2v) is 4.52. The van der Waals surface area contributed by atoms with E-state index in [2.05, 4.69) is 16.5 Å². The number of nitrogens with zero attached hydrogens (tertiary/aromatic N) is 2. The Labute approximate surface area is 124 Å². The number of hydrogen-bond acceptors (Lipinski definition) is 2. The smallest absolute Gasteiger partial charge is 0.218 e. The Morgan fingerprint density at radius 1 is 1.15 bits per heavy atom. The van der Waals surface area contributed by atoms with Gasteiger partial charge in [0.2, 0.25) is 5.28 Å². The average molecular weight is 283 g/mol. The molecule has 1 aromatic carbocycles. The summed E-state index contributed by atoms with van der Waals surface area (Å²) in [4.78, 5) is 8.48. The summed E-state index contributed by atoms with van der Waals surface area (Å²) in [6.45, 7) is 5.96. The van der Waals surface area contributed by atoms with Crippen molar-refractivity contribution in [2.24, 2.45) is 0 Å². The maximum absolute atomic E-state index is 6.00. The molecular weight excluding hydrogens is 268 g/mol. The van der Waals surface area contributed by atoms with Crippen LogP contribution in [0.1, 0.15) is 12.6 Å². The van der Waals surface area contributed by atoms with Crippen LogP contribution in [-0.2, 0) is 0 Å². The number of rotatable bonds is 4. The van der Waals surface area contributed by atoms with Crippen LogP contribution in [-0.4, -0.2) is 9.97 Å². The second kappa shape index (κ2) is 6.83. The van der Waals surface area contributed by atoms with Gasteiger partial charge in [-0.3, -0.25) is 0 Å². The van der Waals surface area contributed by atoms with Gasteiger partial charge in [-0.15, -0.1) is 0 Å². The highest BCUT2D eigenvalue weighted by Gasteiger charge is 2.06. The predicted molar refractivity (Wildman–Crippen MR) is 85.5 cm³/mol. The summed E-state index contributed by atoms with van der Waals surface area (Å²) in [5.41, 5.74) is 3.32.